The highest BCUT2D eigenvalue weighted by atomic mass is 16.5. The third-order valence-corrected chi connectivity index (χ3v) is 4.65. The van der Waals surface area contributed by atoms with E-state index in [1.54, 1.807) is 12.1 Å². The molecule has 0 aliphatic carbocycles. The fourth-order valence-electron chi connectivity index (χ4n) is 2.99. The van der Waals surface area contributed by atoms with E-state index in [9.17, 15) is 9.90 Å². The molecule has 0 aliphatic rings. The van der Waals surface area contributed by atoms with Crippen molar-refractivity contribution in [2.45, 2.75) is 90.3 Å². The van der Waals surface area contributed by atoms with Gasteiger partial charge in [-0.1, -0.05) is 89.1 Å². The number of aliphatic hydroxyl groups excluding tert-OH is 1. The SMILES string of the molecule is CCCCCCCCCCOC(CC)CC(O)C(=O)c1ccccc1. The van der Waals surface area contributed by atoms with Gasteiger partial charge in [-0.2, -0.15) is 0 Å². The molecule has 0 radical (unpaired) electrons. The molecule has 0 bridgehead atoms. The highest BCUT2D eigenvalue weighted by Gasteiger charge is 2.21. The highest BCUT2D eigenvalue weighted by Crippen LogP contribution is 2.14. The number of aliphatic hydroxyl groups is 1. The topological polar surface area (TPSA) is 46.5 Å². The normalized spacial score (nSPS) is 13.6. The van der Waals surface area contributed by atoms with E-state index in [2.05, 4.69) is 6.92 Å². The van der Waals surface area contributed by atoms with Crippen LogP contribution in [0.15, 0.2) is 30.3 Å². The van der Waals surface area contributed by atoms with E-state index in [0.29, 0.717) is 12.0 Å². The van der Waals surface area contributed by atoms with Gasteiger partial charge in [-0.15, -0.1) is 0 Å². The Morgan fingerprint density at radius 1 is 0.960 bits per heavy atom. The van der Waals surface area contributed by atoms with Gasteiger partial charge in [0.05, 0.1) is 6.10 Å². The number of carbonyl (C=O) groups is 1. The Bertz CT molecular complexity index is 444. The standard InChI is InChI=1S/C22H36O3/c1-3-5-6-7-8-9-10-14-17-25-20(4-2)18-21(23)22(24)19-15-12-11-13-16-19/h11-13,15-16,20-21,23H,3-10,14,17-18H2,1-2H3. The molecule has 1 rings (SSSR count). The second-order valence-electron chi connectivity index (χ2n) is 6.86. The van der Waals surface area contributed by atoms with E-state index in [-0.39, 0.29) is 11.9 Å². The Morgan fingerprint density at radius 2 is 1.56 bits per heavy atom. The Labute approximate surface area is 153 Å². The van der Waals surface area contributed by atoms with E-state index >= 15 is 0 Å². The van der Waals surface area contributed by atoms with Crippen LogP contribution in [0.1, 0.15) is 88.4 Å². The highest BCUT2D eigenvalue weighted by molar-refractivity contribution is 5.99. The minimum absolute atomic E-state index is 0.0489. The Morgan fingerprint density at radius 3 is 2.16 bits per heavy atom. The number of Topliss-reactive ketones (excluding diaryl/α,β-unsaturated/α-hetero) is 1. The number of carbonyl (C=O) groups excluding carboxylic acids is 1. The predicted molar refractivity (Wildman–Crippen MR) is 104 cm³/mol. The van der Waals surface area contributed by atoms with Crippen LogP contribution in [0.2, 0.25) is 0 Å². The molecule has 2 unspecified atom stereocenters. The van der Waals surface area contributed by atoms with Crippen LogP contribution in [-0.4, -0.2) is 29.7 Å². The van der Waals surface area contributed by atoms with Crippen LogP contribution in [0.5, 0.6) is 0 Å². The zero-order valence-corrected chi connectivity index (χ0v) is 16.1. The molecule has 0 saturated heterocycles. The third kappa shape index (κ3) is 9.76. The van der Waals surface area contributed by atoms with E-state index in [1.165, 1.54) is 44.9 Å². The second kappa shape index (κ2) is 14.0. The lowest BCUT2D eigenvalue weighted by molar-refractivity contribution is 0.0117. The fraction of sp³-hybridized carbons (Fsp3) is 0.682. The number of hydrogen-bond donors (Lipinski definition) is 1. The van der Waals surface area contributed by atoms with E-state index in [1.807, 2.05) is 25.1 Å². The Balaban J connectivity index is 2.16. The second-order valence-corrected chi connectivity index (χ2v) is 6.86. The summed E-state index contributed by atoms with van der Waals surface area (Å²) in [5.41, 5.74) is 0.563. The molecule has 1 aromatic rings. The number of unbranched alkanes of at least 4 members (excludes halogenated alkanes) is 7. The van der Waals surface area contributed by atoms with Crippen molar-refractivity contribution in [1.29, 1.82) is 0 Å². The molecule has 3 nitrogen and oxygen atoms in total. The van der Waals surface area contributed by atoms with Crippen LogP contribution < -0.4 is 0 Å². The third-order valence-electron chi connectivity index (χ3n) is 4.65. The van der Waals surface area contributed by atoms with Crippen molar-refractivity contribution < 1.29 is 14.6 Å². The maximum Gasteiger partial charge on any atom is 0.191 e. The summed E-state index contributed by atoms with van der Waals surface area (Å²) in [6.45, 7) is 5.00. The van der Waals surface area contributed by atoms with Crippen LogP contribution >= 0.6 is 0 Å². The Kier molecular flexibility index (Phi) is 12.3. The summed E-state index contributed by atoms with van der Waals surface area (Å²) in [7, 11) is 0. The maximum absolute atomic E-state index is 12.2. The quantitative estimate of drug-likeness (QED) is 0.333. The zero-order chi connectivity index (χ0) is 18.3. The fourth-order valence-corrected chi connectivity index (χ4v) is 2.99. The number of benzene rings is 1. The average Bonchev–Trinajstić information content (AvgIpc) is 2.65. The molecular formula is C22H36O3. The van der Waals surface area contributed by atoms with Crippen LogP contribution in [-0.2, 0) is 4.74 Å². The summed E-state index contributed by atoms with van der Waals surface area (Å²) in [6, 6.07) is 8.98. The van der Waals surface area contributed by atoms with Crippen LogP contribution in [0.4, 0.5) is 0 Å². The number of rotatable bonds is 15. The van der Waals surface area contributed by atoms with E-state index in [0.717, 1.165) is 19.4 Å². The molecule has 0 spiro atoms. The number of ether oxygens (including phenoxy) is 1. The Hall–Kier alpha value is -1.19. The molecule has 0 saturated carbocycles. The van der Waals surface area contributed by atoms with Gasteiger partial charge in [-0.05, 0) is 12.8 Å². The van der Waals surface area contributed by atoms with Crippen molar-refractivity contribution in [3.8, 4) is 0 Å². The summed E-state index contributed by atoms with van der Waals surface area (Å²) in [5, 5.41) is 10.2. The number of ketones is 1. The first-order valence-corrected chi connectivity index (χ1v) is 10.1. The minimum atomic E-state index is -0.981. The lowest BCUT2D eigenvalue weighted by atomic mass is 10.0. The maximum atomic E-state index is 12.2. The lowest BCUT2D eigenvalue weighted by Gasteiger charge is -2.19. The summed E-state index contributed by atoms with van der Waals surface area (Å²) in [6.07, 6.45) is 10.4. The largest absolute Gasteiger partial charge is 0.385 e. The van der Waals surface area contributed by atoms with Crippen molar-refractivity contribution in [2.75, 3.05) is 6.61 Å². The van der Waals surface area contributed by atoms with Gasteiger partial charge in [-0.25, -0.2) is 0 Å². The summed E-state index contributed by atoms with van der Waals surface area (Å²) >= 11 is 0. The molecule has 0 amide bonds. The van der Waals surface area contributed by atoms with Crippen molar-refractivity contribution in [1.82, 2.24) is 0 Å². The minimum Gasteiger partial charge on any atom is -0.385 e. The van der Waals surface area contributed by atoms with Crippen LogP contribution in [0.3, 0.4) is 0 Å². The first-order valence-electron chi connectivity index (χ1n) is 10.1. The van der Waals surface area contributed by atoms with Gasteiger partial charge in [0.1, 0.15) is 6.10 Å². The van der Waals surface area contributed by atoms with Crippen LogP contribution in [0.25, 0.3) is 0 Å². The van der Waals surface area contributed by atoms with Crippen molar-refractivity contribution in [2.24, 2.45) is 0 Å². The van der Waals surface area contributed by atoms with Crippen molar-refractivity contribution >= 4 is 5.78 Å². The molecule has 0 aromatic heterocycles. The van der Waals surface area contributed by atoms with E-state index < -0.39 is 6.10 Å². The van der Waals surface area contributed by atoms with Crippen LogP contribution in [0, 0.1) is 0 Å². The predicted octanol–water partition coefficient (Wildman–Crippen LogP) is 5.56. The smallest absolute Gasteiger partial charge is 0.191 e. The zero-order valence-electron chi connectivity index (χ0n) is 16.1. The molecule has 0 aliphatic heterocycles. The molecule has 0 heterocycles. The van der Waals surface area contributed by atoms with Crippen molar-refractivity contribution in [3.63, 3.8) is 0 Å². The summed E-state index contributed by atoms with van der Waals surface area (Å²) < 4.78 is 5.88. The van der Waals surface area contributed by atoms with Crippen molar-refractivity contribution in [3.05, 3.63) is 35.9 Å². The molecule has 1 N–H and O–H groups in total. The van der Waals surface area contributed by atoms with Gasteiger partial charge in [0.15, 0.2) is 5.78 Å². The van der Waals surface area contributed by atoms with Gasteiger partial charge in [0.2, 0.25) is 0 Å². The molecule has 25 heavy (non-hydrogen) atoms. The molecule has 2 atom stereocenters. The lowest BCUT2D eigenvalue weighted by Crippen LogP contribution is -2.27. The summed E-state index contributed by atoms with van der Waals surface area (Å²) in [4.78, 5) is 12.2. The number of hydrogen-bond acceptors (Lipinski definition) is 3. The monoisotopic (exact) mass is 348 g/mol. The molecule has 142 valence electrons. The first kappa shape index (κ1) is 21.9. The van der Waals surface area contributed by atoms with Gasteiger partial charge in [0.25, 0.3) is 0 Å². The van der Waals surface area contributed by atoms with Gasteiger partial charge in [0, 0.05) is 18.6 Å². The van der Waals surface area contributed by atoms with Gasteiger partial charge < -0.3 is 9.84 Å². The van der Waals surface area contributed by atoms with Gasteiger partial charge in [-0.3, -0.25) is 4.79 Å². The molecule has 0 fully saturated rings. The van der Waals surface area contributed by atoms with Gasteiger partial charge >= 0.3 is 0 Å². The molecular weight excluding hydrogens is 312 g/mol. The van der Waals surface area contributed by atoms with E-state index in [4.69, 9.17) is 4.74 Å². The summed E-state index contributed by atoms with van der Waals surface area (Å²) in [5.74, 6) is -0.213. The first-order chi connectivity index (χ1) is 12.2. The average molecular weight is 349 g/mol. The molecule has 3 heteroatoms. The molecule has 1 aromatic carbocycles.